The predicted octanol–water partition coefficient (Wildman–Crippen LogP) is 0.349. The maximum atomic E-state index is 8.49. The summed E-state index contributed by atoms with van der Waals surface area (Å²) in [6.07, 6.45) is 0. The molecule has 0 aliphatic rings. The molecule has 76 valence electrons. The predicted molar refractivity (Wildman–Crippen MR) is 53.8 cm³/mol. The van der Waals surface area contributed by atoms with Gasteiger partial charge in [-0.2, -0.15) is 0 Å². The first-order valence-electron chi connectivity index (χ1n) is 4.32. The Labute approximate surface area is 83.7 Å². The first-order chi connectivity index (χ1) is 6.86. The van der Waals surface area contributed by atoms with Crippen molar-refractivity contribution >= 4 is 7.69 Å². The second-order valence-electron chi connectivity index (χ2n) is 2.59. The lowest BCUT2D eigenvalue weighted by Crippen LogP contribution is -2.04. The Morgan fingerprint density at radius 2 is 1.79 bits per heavy atom. The minimum atomic E-state index is -0.316. The Kier molecular flexibility index (Phi) is 4.89. The summed E-state index contributed by atoms with van der Waals surface area (Å²) in [5.41, 5.74) is 0. The van der Waals surface area contributed by atoms with Gasteiger partial charge in [0.1, 0.15) is 18.1 Å². The number of benzene rings is 1. The molecule has 1 aromatic carbocycles. The summed E-state index contributed by atoms with van der Waals surface area (Å²) < 4.78 is 15.0. The van der Waals surface area contributed by atoms with Crippen molar-refractivity contribution in [3.8, 4) is 11.5 Å². The summed E-state index contributed by atoms with van der Waals surface area (Å²) in [6, 6.07) is 7.03. The van der Waals surface area contributed by atoms with E-state index in [4.69, 9.17) is 19.2 Å². The van der Waals surface area contributed by atoms with E-state index in [2.05, 4.69) is 0 Å². The molecule has 0 fully saturated rings. The van der Waals surface area contributed by atoms with Crippen molar-refractivity contribution < 1.29 is 19.2 Å². The Morgan fingerprint density at radius 3 is 2.36 bits per heavy atom. The SMILES string of the molecule is COCCOc1ccc(OBO)cc1. The fourth-order valence-corrected chi connectivity index (χ4v) is 0.949. The molecule has 0 aromatic heterocycles. The Hall–Kier alpha value is -1.20. The van der Waals surface area contributed by atoms with Crippen LogP contribution < -0.4 is 9.39 Å². The molecule has 0 heterocycles. The standard InChI is InChI=1S/C9H13BO4/c1-12-6-7-13-8-2-4-9(5-3-8)14-10-11/h2-5,10-11H,6-7H2,1H3. The normalized spacial score (nSPS) is 9.57. The number of rotatable bonds is 6. The van der Waals surface area contributed by atoms with E-state index in [1.54, 1.807) is 31.4 Å². The highest BCUT2D eigenvalue weighted by Gasteiger charge is 1.95. The van der Waals surface area contributed by atoms with Crippen LogP contribution in [0.2, 0.25) is 0 Å². The van der Waals surface area contributed by atoms with E-state index in [1.807, 2.05) is 0 Å². The van der Waals surface area contributed by atoms with Gasteiger partial charge >= 0.3 is 7.69 Å². The summed E-state index contributed by atoms with van der Waals surface area (Å²) in [7, 11) is 1.31. The Balaban J connectivity index is 2.38. The van der Waals surface area contributed by atoms with Gasteiger partial charge in [-0.05, 0) is 24.3 Å². The average molecular weight is 196 g/mol. The van der Waals surface area contributed by atoms with Crippen molar-refractivity contribution in [2.75, 3.05) is 20.3 Å². The zero-order valence-electron chi connectivity index (χ0n) is 8.10. The van der Waals surface area contributed by atoms with E-state index < -0.39 is 0 Å². The molecule has 0 atom stereocenters. The van der Waals surface area contributed by atoms with Crippen molar-refractivity contribution in [3.05, 3.63) is 24.3 Å². The van der Waals surface area contributed by atoms with Gasteiger partial charge in [-0.1, -0.05) is 0 Å². The lowest BCUT2D eigenvalue weighted by atomic mass is 10.3. The van der Waals surface area contributed by atoms with Gasteiger partial charge in [-0.3, -0.25) is 0 Å². The quantitative estimate of drug-likeness (QED) is 0.526. The highest BCUT2D eigenvalue weighted by Crippen LogP contribution is 2.16. The van der Waals surface area contributed by atoms with Gasteiger partial charge in [-0.15, -0.1) is 0 Å². The van der Waals surface area contributed by atoms with Crippen LogP contribution in [0.5, 0.6) is 11.5 Å². The smallest absolute Gasteiger partial charge is 0.504 e. The largest absolute Gasteiger partial charge is 0.539 e. The van der Waals surface area contributed by atoms with Crippen molar-refractivity contribution in [2.24, 2.45) is 0 Å². The minimum absolute atomic E-state index is 0.316. The second-order valence-corrected chi connectivity index (χ2v) is 2.59. The van der Waals surface area contributed by atoms with Crippen LogP contribution in [0.1, 0.15) is 0 Å². The summed E-state index contributed by atoms with van der Waals surface area (Å²) in [5, 5.41) is 8.49. The molecule has 4 nitrogen and oxygen atoms in total. The summed E-state index contributed by atoms with van der Waals surface area (Å²) in [4.78, 5) is 0. The average Bonchev–Trinajstić information content (AvgIpc) is 2.21. The van der Waals surface area contributed by atoms with Gasteiger partial charge in [-0.25, -0.2) is 0 Å². The van der Waals surface area contributed by atoms with Crippen molar-refractivity contribution in [3.63, 3.8) is 0 Å². The van der Waals surface area contributed by atoms with Crippen molar-refractivity contribution in [1.82, 2.24) is 0 Å². The number of hydrogen-bond donors (Lipinski definition) is 1. The minimum Gasteiger partial charge on any atom is -0.539 e. The lowest BCUT2D eigenvalue weighted by Gasteiger charge is -2.06. The molecule has 0 spiro atoms. The van der Waals surface area contributed by atoms with E-state index >= 15 is 0 Å². The highest BCUT2D eigenvalue weighted by atomic mass is 16.5. The Morgan fingerprint density at radius 1 is 1.14 bits per heavy atom. The monoisotopic (exact) mass is 196 g/mol. The molecular weight excluding hydrogens is 183 g/mol. The van der Waals surface area contributed by atoms with Crippen LogP contribution in [0, 0.1) is 0 Å². The lowest BCUT2D eigenvalue weighted by molar-refractivity contribution is 0.146. The van der Waals surface area contributed by atoms with Gasteiger partial charge in [0, 0.05) is 7.11 Å². The molecule has 0 radical (unpaired) electrons. The molecule has 0 saturated heterocycles. The molecule has 0 saturated carbocycles. The van der Waals surface area contributed by atoms with Gasteiger partial charge in [0.2, 0.25) is 0 Å². The molecule has 1 rings (SSSR count). The van der Waals surface area contributed by atoms with Crippen molar-refractivity contribution in [2.45, 2.75) is 0 Å². The topological polar surface area (TPSA) is 47.9 Å². The van der Waals surface area contributed by atoms with Gasteiger partial charge < -0.3 is 19.2 Å². The number of hydrogen-bond acceptors (Lipinski definition) is 4. The molecule has 5 heteroatoms. The van der Waals surface area contributed by atoms with E-state index in [9.17, 15) is 0 Å². The third-order valence-electron chi connectivity index (χ3n) is 1.61. The highest BCUT2D eigenvalue weighted by molar-refractivity contribution is 6.17. The van der Waals surface area contributed by atoms with Gasteiger partial charge in [0.05, 0.1) is 6.61 Å². The van der Waals surface area contributed by atoms with Gasteiger partial charge in [0.15, 0.2) is 0 Å². The Bertz CT molecular complexity index is 249. The first-order valence-corrected chi connectivity index (χ1v) is 4.32. The van der Waals surface area contributed by atoms with Crippen LogP contribution in [0.3, 0.4) is 0 Å². The molecule has 14 heavy (non-hydrogen) atoms. The molecule has 0 bridgehead atoms. The van der Waals surface area contributed by atoms with Crippen LogP contribution in [-0.2, 0) is 4.74 Å². The van der Waals surface area contributed by atoms with Gasteiger partial charge in [0.25, 0.3) is 0 Å². The molecule has 0 aliphatic heterocycles. The fourth-order valence-electron chi connectivity index (χ4n) is 0.949. The molecule has 0 aliphatic carbocycles. The molecule has 1 aromatic rings. The fraction of sp³-hybridized carbons (Fsp3) is 0.333. The van der Waals surface area contributed by atoms with E-state index in [1.165, 1.54) is 0 Å². The third-order valence-corrected chi connectivity index (χ3v) is 1.61. The second kappa shape index (κ2) is 6.29. The van der Waals surface area contributed by atoms with E-state index in [0.29, 0.717) is 19.0 Å². The third kappa shape index (κ3) is 3.68. The molecular formula is C9H13BO4. The maximum absolute atomic E-state index is 8.49. The van der Waals surface area contributed by atoms with Crippen LogP contribution in [0.15, 0.2) is 24.3 Å². The number of methoxy groups -OCH3 is 1. The molecule has 0 unspecified atom stereocenters. The first kappa shape index (κ1) is 10.9. The zero-order valence-corrected chi connectivity index (χ0v) is 8.10. The van der Waals surface area contributed by atoms with Crippen LogP contribution in [0.25, 0.3) is 0 Å². The molecule has 1 N–H and O–H groups in total. The van der Waals surface area contributed by atoms with E-state index in [-0.39, 0.29) is 7.69 Å². The molecule has 0 amide bonds. The number of ether oxygens (including phenoxy) is 2. The van der Waals surface area contributed by atoms with Crippen LogP contribution in [-0.4, -0.2) is 33.0 Å². The summed E-state index contributed by atoms with van der Waals surface area (Å²) >= 11 is 0. The van der Waals surface area contributed by atoms with Crippen LogP contribution in [0.4, 0.5) is 0 Å². The van der Waals surface area contributed by atoms with Crippen molar-refractivity contribution in [1.29, 1.82) is 0 Å². The zero-order chi connectivity index (χ0) is 10.2. The summed E-state index contributed by atoms with van der Waals surface area (Å²) in [5.74, 6) is 1.37. The van der Waals surface area contributed by atoms with Crippen LogP contribution >= 0.6 is 0 Å². The van der Waals surface area contributed by atoms with E-state index in [0.717, 1.165) is 5.75 Å². The maximum Gasteiger partial charge on any atom is 0.504 e. The summed E-state index contributed by atoms with van der Waals surface area (Å²) in [6.45, 7) is 1.09.